The van der Waals surface area contributed by atoms with Crippen molar-refractivity contribution < 1.29 is 14.3 Å². The molecule has 0 saturated carbocycles. The predicted molar refractivity (Wildman–Crippen MR) is 120 cm³/mol. The summed E-state index contributed by atoms with van der Waals surface area (Å²) in [5.74, 6) is -0.742. The Morgan fingerprint density at radius 3 is 2.39 bits per heavy atom. The molecular formula is C25H19N3O3. The van der Waals surface area contributed by atoms with E-state index in [1.165, 1.54) is 13.3 Å². The Hall–Kier alpha value is -4.32. The number of carbonyl (C=O) groups is 2. The van der Waals surface area contributed by atoms with Crippen molar-refractivity contribution in [3.63, 3.8) is 0 Å². The molecule has 1 heterocycles. The number of para-hydroxylation sites is 1. The maximum atomic E-state index is 12.9. The van der Waals surface area contributed by atoms with Crippen LogP contribution in [-0.4, -0.2) is 30.2 Å². The molecule has 0 bridgehead atoms. The number of fused-ring (bicyclic) bond motifs is 1. The molecule has 1 N–H and O–H groups in total. The Bertz CT molecular complexity index is 1270. The first-order valence-corrected chi connectivity index (χ1v) is 9.63. The highest BCUT2D eigenvalue weighted by Gasteiger charge is 2.13. The number of aromatic nitrogens is 1. The zero-order valence-corrected chi connectivity index (χ0v) is 16.8. The van der Waals surface area contributed by atoms with Crippen molar-refractivity contribution in [2.75, 3.05) is 7.11 Å². The van der Waals surface area contributed by atoms with Gasteiger partial charge in [0.1, 0.15) is 0 Å². The predicted octanol–water partition coefficient (Wildman–Crippen LogP) is 4.45. The summed E-state index contributed by atoms with van der Waals surface area (Å²) in [6.45, 7) is 0. The van der Waals surface area contributed by atoms with Gasteiger partial charge in [-0.25, -0.2) is 15.2 Å². The van der Waals surface area contributed by atoms with E-state index in [9.17, 15) is 9.59 Å². The first kappa shape index (κ1) is 20.0. The van der Waals surface area contributed by atoms with Crippen LogP contribution in [0.5, 0.6) is 0 Å². The molecule has 6 nitrogen and oxygen atoms in total. The quantitative estimate of drug-likeness (QED) is 0.300. The summed E-state index contributed by atoms with van der Waals surface area (Å²) in [7, 11) is 1.33. The van der Waals surface area contributed by atoms with E-state index in [2.05, 4.69) is 20.2 Å². The van der Waals surface area contributed by atoms with Crippen molar-refractivity contribution in [1.29, 1.82) is 0 Å². The molecule has 3 aromatic carbocycles. The molecule has 0 unspecified atom stereocenters. The molecule has 6 heteroatoms. The summed E-state index contributed by atoms with van der Waals surface area (Å²) >= 11 is 0. The van der Waals surface area contributed by atoms with Crippen LogP contribution in [0.1, 0.15) is 26.3 Å². The molecule has 0 spiro atoms. The highest BCUT2D eigenvalue weighted by atomic mass is 16.5. The van der Waals surface area contributed by atoms with E-state index in [1.54, 1.807) is 30.3 Å². The van der Waals surface area contributed by atoms with Crippen molar-refractivity contribution in [1.82, 2.24) is 10.4 Å². The highest BCUT2D eigenvalue weighted by Crippen LogP contribution is 2.24. The molecule has 0 aliphatic carbocycles. The van der Waals surface area contributed by atoms with Crippen LogP contribution < -0.4 is 5.43 Å². The minimum atomic E-state index is -0.407. The van der Waals surface area contributed by atoms with Gasteiger partial charge < -0.3 is 4.74 Å². The van der Waals surface area contributed by atoms with Crippen LogP contribution in [-0.2, 0) is 4.74 Å². The van der Waals surface area contributed by atoms with Crippen LogP contribution in [0, 0.1) is 0 Å². The first-order chi connectivity index (χ1) is 15.2. The van der Waals surface area contributed by atoms with E-state index in [-0.39, 0.29) is 5.91 Å². The molecule has 4 rings (SSSR count). The number of hydrogen-bond donors (Lipinski definition) is 1. The summed E-state index contributed by atoms with van der Waals surface area (Å²) in [6, 6.07) is 25.7. The van der Waals surface area contributed by atoms with Gasteiger partial charge in [0.15, 0.2) is 0 Å². The lowest BCUT2D eigenvalue weighted by Gasteiger charge is -2.09. The van der Waals surface area contributed by atoms with Gasteiger partial charge in [-0.15, -0.1) is 0 Å². The third kappa shape index (κ3) is 4.48. The average Bonchev–Trinajstić information content (AvgIpc) is 2.83. The van der Waals surface area contributed by atoms with Gasteiger partial charge in [-0.3, -0.25) is 4.79 Å². The van der Waals surface area contributed by atoms with Gasteiger partial charge in [-0.1, -0.05) is 60.7 Å². The fourth-order valence-corrected chi connectivity index (χ4v) is 3.17. The molecule has 0 saturated heterocycles. The highest BCUT2D eigenvalue weighted by molar-refractivity contribution is 6.07. The van der Waals surface area contributed by atoms with Gasteiger partial charge in [-0.2, -0.15) is 5.10 Å². The molecular weight excluding hydrogens is 390 g/mol. The number of nitrogens with one attached hydrogen (secondary N) is 1. The third-order valence-electron chi connectivity index (χ3n) is 4.74. The molecule has 1 aromatic heterocycles. The fourth-order valence-electron chi connectivity index (χ4n) is 3.17. The van der Waals surface area contributed by atoms with Gasteiger partial charge in [-0.05, 0) is 29.8 Å². The third-order valence-corrected chi connectivity index (χ3v) is 4.74. The zero-order chi connectivity index (χ0) is 21.6. The Balaban J connectivity index is 1.58. The molecule has 0 fully saturated rings. The van der Waals surface area contributed by atoms with Crippen molar-refractivity contribution in [3.05, 3.63) is 102 Å². The van der Waals surface area contributed by atoms with Crippen LogP contribution in [0.2, 0.25) is 0 Å². The summed E-state index contributed by atoms with van der Waals surface area (Å²) in [5.41, 5.74) is 6.62. The summed E-state index contributed by atoms with van der Waals surface area (Å²) in [6.07, 6.45) is 1.51. The number of benzene rings is 3. The van der Waals surface area contributed by atoms with Crippen LogP contribution in [0.3, 0.4) is 0 Å². The van der Waals surface area contributed by atoms with Crippen molar-refractivity contribution in [2.45, 2.75) is 0 Å². The van der Waals surface area contributed by atoms with E-state index in [0.29, 0.717) is 16.8 Å². The van der Waals surface area contributed by atoms with Crippen LogP contribution in [0.25, 0.3) is 22.2 Å². The second-order valence-corrected chi connectivity index (χ2v) is 6.75. The zero-order valence-electron chi connectivity index (χ0n) is 16.8. The van der Waals surface area contributed by atoms with Gasteiger partial charge in [0.25, 0.3) is 5.91 Å². The minimum absolute atomic E-state index is 0.335. The second kappa shape index (κ2) is 9.00. The van der Waals surface area contributed by atoms with Crippen molar-refractivity contribution in [3.8, 4) is 11.3 Å². The van der Waals surface area contributed by atoms with Crippen LogP contribution in [0.4, 0.5) is 0 Å². The molecule has 31 heavy (non-hydrogen) atoms. The largest absolute Gasteiger partial charge is 0.465 e. The number of carbonyl (C=O) groups excluding carboxylic acids is 2. The fraction of sp³-hybridized carbons (Fsp3) is 0.0400. The number of hydrogen-bond acceptors (Lipinski definition) is 5. The number of hydrazone groups is 1. The normalized spacial score (nSPS) is 10.9. The lowest BCUT2D eigenvalue weighted by Crippen LogP contribution is -2.18. The lowest BCUT2D eigenvalue weighted by molar-refractivity contribution is 0.0600. The van der Waals surface area contributed by atoms with Crippen molar-refractivity contribution >= 4 is 29.0 Å². The standard InChI is InChI=1S/C25H19N3O3/c1-31-25(30)19-13-11-17(12-14-19)16-26-28-24(29)21-15-23(18-7-3-2-4-8-18)27-22-10-6-5-9-20(21)22/h2-16H,1H3,(H,28,29). The number of nitrogens with zero attached hydrogens (tertiary/aromatic N) is 2. The van der Waals surface area contributed by atoms with E-state index < -0.39 is 5.97 Å². The van der Waals surface area contributed by atoms with Crippen molar-refractivity contribution in [2.24, 2.45) is 5.10 Å². The lowest BCUT2D eigenvalue weighted by atomic mass is 10.0. The van der Waals surface area contributed by atoms with E-state index >= 15 is 0 Å². The molecule has 0 radical (unpaired) electrons. The van der Waals surface area contributed by atoms with Gasteiger partial charge >= 0.3 is 5.97 Å². The first-order valence-electron chi connectivity index (χ1n) is 9.63. The monoisotopic (exact) mass is 409 g/mol. The SMILES string of the molecule is COC(=O)c1ccc(C=NNC(=O)c2cc(-c3ccccc3)nc3ccccc23)cc1. The Labute approximate surface area is 179 Å². The Morgan fingerprint density at radius 1 is 0.935 bits per heavy atom. The number of rotatable bonds is 5. The van der Waals surface area contributed by atoms with Crippen LogP contribution in [0.15, 0.2) is 90.0 Å². The number of methoxy groups -OCH3 is 1. The molecule has 4 aromatic rings. The number of amides is 1. The maximum Gasteiger partial charge on any atom is 0.337 e. The molecule has 1 amide bonds. The molecule has 0 aliphatic rings. The van der Waals surface area contributed by atoms with Gasteiger partial charge in [0.2, 0.25) is 0 Å². The van der Waals surface area contributed by atoms with Gasteiger partial charge in [0.05, 0.1) is 35.7 Å². The van der Waals surface area contributed by atoms with E-state index in [4.69, 9.17) is 0 Å². The molecule has 0 aliphatic heterocycles. The number of ether oxygens (including phenoxy) is 1. The second-order valence-electron chi connectivity index (χ2n) is 6.75. The van der Waals surface area contributed by atoms with Gasteiger partial charge in [0, 0.05) is 10.9 Å². The topological polar surface area (TPSA) is 80.6 Å². The average molecular weight is 409 g/mol. The summed E-state index contributed by atoms with van der Waals surface area (Å²) in [5, 5.41) is 4.81. The smallest absolute Gasteiger partial charge is 0.337 e. The summed E-state index contributed by atoms with van der Waals surface area (Å²) < 4.78 is 4.68. The number of esters is 1. The Morgan fingerprint density at radius 2 is 1.65 bits per heavy atom. The number of pyridine rings is 1. The molecule has 0 atom stereocenters. The van der Waals surface area contributed by atoms with E-state index in [0.717, 1.165) is 22.0 Å². The molecule has 152 valence electrons. The summed E-state index contributed by atoms with van der Waals surface area (Å²) in [4.78, 5) is 29.1. The Kier molecular flexibility index (Phi) is 5.80. The minimum Gasteiger partial charge on any atom is -0.465 e. The maximum absolute atomic E-state index is 12.9. The van der Waals surface area contributed by atoms with Crippen LogP contribution >= 0.6 is 0 Å². The van der Waals surface area contributed by atoms with E-state index in [1.807, 2.05) is 54.6 Å².